The maximum absolute atomic E-state index is 11.9. The Bertz CT molecular complexity index is 546. The molecule has 1 aromatic rings. The SMILES string of the molecule is CCC(CC)(CNC(=O)OC(C)(C)C)NCc1cc(C)ccc1O. The van der Waals surface area contributed by atoms with Crippen molar-refractivity contribution >= 4 is 6.09 Å². The Labute approximate surface area is 145 Å². The lowest BCUT2D eigenvalue weighted by molar-refractivity contribution is 0.0507. The molecule has 0 aromatic heterocycles. The van der Waals surface area contributed by atoms with E-state index in [2.05, 4.69) is 24.5 Å². The first-order valence-corrected chi connectivity index (χ1v) is 8.61. The minimum atomic E-state index is -0.508. The van der Waals surface area contributed by atoms with Crippen molar-refractivity contribution in [2.75, 3.05) is 6.54 Å². The van der Waals surface area contributed by atoms with Crippen LogP contribution in [0.5, 0.6) is 5.75 Å². The van der Waals surface area contributed by atoms with Gasteiger partial charge < -0.3 is 20.5 Å². The molecule has 0 bridgehead atoms. The van der Waals surface area contributed by atoms with Gasteiger partial charge in [0.15, 0.2) is 0 Å². The number of alkyl carbamates (subject to hydrolysis) is 1. The van der Waals surface area contributed by atoms with Gasteiger partial charge in [0.2, 0.25) is 0 Å². The number of ether oxygens (including phenoxy) is 1. The summed E-state index contributed by atoms with van der Waals surface area (Å²) < 4.78 is 5.30. The van der Waals surface area contributed by atoms with Crippen molar-refractivity contribution in [2.45, 2.75) is 72.1 Å². The number of nitrogens with one attached hydrogen (secondary N) is 2. The molecule has 0 spiro atoms. The zero-order valence-corrected chi connectivity index (χ0v) is 15.8. The lowest BCUT2D eigenvalue weighted by Gasteiger charge is -2.34. The Morgan fingerprint density at radius 1 is 1.21 bits per heavy atom. The van der Waals surface area contributed by atoms with E-state index < -0.39 is 11.7 Å². The van der Waals surface area contributed by atoms with Crippen molar-refractivity contribution in [1.29, 1.82) is 0 Å². The quantitative estimate of drug-likeness (QED) is 0.707. The molecule has 0 unspecified atom stereocenters. The first kappa shape index (κ1) is 20.3. The van der Waals surface area contributed by atoms with Crippen LogP contribution in [0.25, 0.3) is 0 Å². The van der Waals surface area contributed by atoms with Crippen LogP contribution in [0.2, 0.25) is 0 Å². The number of carbonyl (C=O) groups is 1. The number of phenols is 1. The van der Waals surface area contributed by atoms with Gasteiger partial charge in [0.25, 0.3) is 0 Å². The van der Waals surface area contributed by atoms with Crippen LogP contribution in [0.15, 0.2) is 18.2 Å². The molecule has 5 nitrogen and oxygen atoms in total. The number of carbonyl (C=O) groups excluding carboxylic acids is 1. The number of amides is 1. The van der Waals surface area contributed by atoms with Gasteiger partial charge in [0.05, 0.1) is 0 Å². The first-order valence-electron chi connectivity index (χ1n) is 8.61. The normalized spacial score (nSPS) is 12.1. The van der Waals surface area contributed by atoms with Crippen molar-refractivity contribution in [3.63, 3.8) is 0 Å². The number of rotatable bonds is 7. The molecular formula is C19H32N2O3. The number of aryl methyl sites for hydroxylation is 1. The van der Waals surface area contributed by atoms with E-state index in [0.717, 1.165) is 24.0 Å². The molecule has 1 amide bonds. The molecule has 5 heteroatoms. The molecular weight excluding hydrogens is 304 g/mol. The van der Waals surface area contributed by atoms with Gasteiger partial charge in [-0.25, -0.2) is 4.79 Å². The van der Waals surface area contributed by atoms with Gasteiger partial charge in [-0.15, -0.1) is 0 Å². The molecule has 3 N–H and O–H groups in total. The summed E-state index contributed by atoms with van der Waals surface area (Å²) in [5.74, 6) is 0.286. The lowest BCUT2D eigenvalue weighted by atomic mass is 9.92. The number of phenolic OH excluding ortho intramolecular Hbond substituents is 1. The first-order chi connectivity index (χ1) is 11.1. The minimum absolute atomic E-state index is 0.243. The van der Waals surface area contributed by atoms with E-state index in [1.165, 1.54) is 0 Å². The molecule has 24 heavy (non-hydrogen) atoms. The van der Waals surface area contributed by atoms with Crippen LogP contribution >= 0.6 is 0 Å². The maximum Gasteiger partial charge on any atom is 0.407 e. The number of benzene rings is 1. The molecule has 1 aromatic carbocycles. The zero-order valence-electron chi connectivity index (χ0n) is 15.8. The monoisotopic (exact) mass is 336 g/mol. The predicted molar refractivity (Wildman–Crippen MR) is 97.2 cm³/mol. The van der Waals surface area contributed by atoms with Crippen LogP contribution in [0.1, 0.15) is 58.6 Å². The highest BCUT2D eigenvalue weighted by Gasteiger charge is 2.27. The van der Waals surface area contributed by atoms with E-state index in [0.29, 0.717) is 13.1 Å². The molecule has 0 aliphatic rings. The summed E-state index contributed by atoms with van der Waals surface area (Å²) in [6, 6.07) is 5.57. The molecule has 0 fully saturated rings. The fourth-order valence-corrected chi connectivity index (χ4v) is 2.51. The molecule has 0 heterocycles. The fraction of sp³-hybridized carbons (Fsp3) is 0.632. The summed E-state index contributed by atoms with van der Waals surface area (Å²) in [5.41, 5.74) is 1.22. The highest BCUT2D eigenvalue weighted by atomic mass is 16.6. The molecule has 0 saturated carbocycles. The van der Waals surface area contributed by atoms with Crippen LogP contribution in [-0.2, 0) is 11.3 Å². The highest BCUT2D eigenvalue weighted by Crippen LogP contribution is 2.21. The summed E-state index contributed by atoms with van der Waals surface area (Å²) in [4.78, 5) is 11.9. The Kier molecular flexibility index (Phi) is 7.08. The van der Waals surface area contributed by atoms with E-state index in [9.17, 15) is 9.90 Å². The summed E-state index contributed by atoms with van der Waals surface area (Å²) in [6.07, 6.45) is 1.30. The second-order valence-electron chi connectivity index (χ2n) is 7.33. The van der Waals surface area contributed by atoms with E-state index in [4.69, 9.17) is 4.74 Å². The van der Waals surface area contributed by atoms with Crippen molar-refractivity contribution in [3.8, 4) is 5.75 Å². The third-order valence-corrected chi connectivity index (χ3v) is 4.21. The van der Waals surface area contributed by atoms with Gasteiger partial charge in [-0.1, -0.05) is 31.5 Å². The topological polar surface area (TPSA) is 70.6 Å². The number of hydrogen-bond donors (Lipinski definition) is 3. The summed E-state index contributed by atoms with van der Waals surface area (Å²) >= 11 is 0. The van der Waals surface area contributed by atoms with E-state index in [1.807, 2.05) is 39.8 Å². The third-order valence-electron chi connectivity index (χ3n) is 4.21. The Hall–Kier alpha value is -1.75. The molecule has 0 radical (unpaired) electrons. The van der Waals surface area contributed by atoms with Gasteiger partial charge in [-0.2, -0.15) is 0 Å². The molecule has 0 aliphatic heterocycles. The average molecular weight is 336 g/mol. The standard InChI is InChI=1S/C19H32N2O3/c1-7-19(8-2,13-20-17(23)24-18(4,5)6)21-12-15-11-14(3)9-10-16(15)22/h9-11,21-22H,7-8,12-13H2,1-6H3,(H,20,23). The minimum Gasteiger partial charge on any atom is -0.508 e. The number of aromatic hydroxyl groups is 1. The molecule has 1 rings (SSSR count). The van der Waals surface area contributed by atoms with Crippen LogP contribution in [0.3, 0.4) is 0 Å². The van der Waals surface area contributed by atoms with Crippen LogP contribution in [0.4, 0.5) is 4.79 Å². The van der Waals surface area contributed by atoms with Crippen LogP contribution in [0, 0.1) is 6.92 Å². The largest absolute Gasteiger partial charge is 0.508 e. The van der Waals surface area contributed by atoms with Crippen molar-refractivity contribution in [2.24, 2.45) is 0 Å². The van der Waals surface area contributed by atoms with Gasteiger partial charge in [-0.3, -0.25) is 0 Å². The average Bonchev–Trinajstić information content (AvgIpc) is 2.49. The predicted octanol–water partition coefficient (Wildman–Crippen LogP) is 3.87. The van der Waals surface area contributed by atoms with E-state index in [1.54, 1.807) is 6.07 Å². The van der Waals surface area contributed by atoms with Gasteiger partial charge in [-0.05, 0) is 46.6 Å². The molecule has 0 saturated heterocycles. The van der Waals surface area contributed by atoms with Crippen molar-refractivity contribution in [1.82, 2.24) is 10.6 Å². The van der Waals surface area contributed by atoms with Crippen LogP contribution < -0.4 is 10.6 Å². The number of hydrogen-bond acceptors (Lipinski definition) is 4. The smallest absolute Gasteiger partial charge is 0.407 e. The summed E-state index contributed by atoms with van der Waals surface area (Å²) in [6.45, 7) is 12.7. The van der Waals surface area contributed by atoms with Gasteiger partial charge >= 0.3 is 6.09 Å². The van der Waals surface area contributed by atoms with E-state index >= 15 is 0 Å². The Balaban J connectivity index is 2.70. The van der Waals surface area contributed by atoms with Crippen molar-refractivity contribution in [3.05, 3.63) is 29.3 Å². The zero-order chi connectivity index (χ0) is 18.4. The second-order valence-corrected chi connectivity index (χ2v) is 7.33. The molecule has 0 atom stereocenters. The van der Waals surface area contributed by atoms with E-state index in [-0.39, 0.29) is 11.3 Å². The maximum atomic E-state index is 11.9. The lowest BCUT2D eigenvalue weighted by Crippen LogP contribution is -2.53. The van der Waals surface area contributed by atoms with Crippen LogP contribution in [-0.4, -0.2) is 28.9 Å². The molecule has 0 aliphatic carbocycles. The molecule has 136 valence electrons. The van der Waals surface area contributed by atoms with Gasteiger partial charge in [0.1, 0.15) is 11.4 Å². The Morgan fingerprint density at radius 2 is 1.83 bits per heavy atom. The third kappa shape index (κ3) is 6.40. The summed E-state index contributed by atoms with van der Waals surface area (Å²) in [7, 11) is 0. The van der Waals surface area contributed by atoms with Crippen molar-refractivity contribution < 1.29 is 14.6 Å². The Morgan fingerprint density at radius 3 is 2.38 bits per heavy atom. The highest BCUT2D eigenvalue weighted by molar-refractivity contribution is 5.67. The summed E-state index contributed by atoms with van der Waals surface area (Å²) in [5, 5.41) is 16.4. The second kappa shape index (κ2) is 8.38. The fourth-order valence-electron chi connectivity index (χ4n) is 2.51. The van der Waals surface area contributed by atoms with Gasteiger partial charge in [0, 0.05) is 24.2 Å².